The quantitative estimate of drug-likeness (QED) is 0.915. The van der Waals surface area contributed by atoms with E-state index in [4.69, 9.17) is 10.2 Å². The number of hydrogen-bond acceptors (Lipinski definition) is 4. The maximum atomic E-state index is 12.4. The number of hydrogen-bond donors (Lipinski definition) is 1. The first-order chi connectivity index (χ1) is 9.11. The van der Waals surface area contributed by atoms with Gasteiger partial charge in [-0.1, -0.05) is 6.07 Å². The number of carbonyl (C=O) groups excluding carboxylic acids is 1. The first-order valence-corrected chi connectivity index (χ1v) is 7.12. The summed E-state index contributed by atoms with van der Waals surface area (Å²) in [4.78, 5) is 15.4. The van der Waals surface area contributed by atoms with E-state index in [2.05, 4.69) is 0 Å². The molecule has 0 aromatic carbocycles. The third kappa shape index (κ3) is 3.24. The van der Waals surface area contributed by atoms with Gasteiger partial charge < -0.3 is 15.1 Å². The lowest BCUT2D eigenvalue weighted by atomic mass is 10.2. The first kappa shape index (κ1) is 13.8. The normalized spacial score (nSPS) is 10.9. The smallest absolute Gasteiger partial charge is 0.290 e. The third-order valence-corrected chi connectivity index (χ3v) is 3.73. The van der Waals surface area contributed by atoms with Crippen molar-refractivity contribution in [3.8, 4) is 0 Å². The summed E-state index contributed by atoms with van der Waals surface area (Å²) < 4.78 is 5.43. The number of nitrogens with zero attached hydrogens (tertiary/aromatic N) is 1. The molecule has 2 aromatic rings. The fourth-order valence-corrected chi connectivity index (χ4v) is 2.51. The number of nitrogens with two attached hydrogens (primary N) is 1. The van der Waals surface area contributed by atoms with Crippen LogP contribution in [-0.2, 0) is 13.1 Å². The van der Waals surface area contributed by atoms with Crippen molar-refractivity contribution in [2.24, 2.45) is 5.73 Å². The Morgan fingerprint density at radius 2 is 2.21 bits per heavy atom. The summed E-state index contributed by atoms with van der Waals surface area (Å²) in [6.07, 6.45) is 0. The van der Waals surface area contributed by atoms with E-state index in [1.165, 1.54) is 0 Å². The summed E-state index contributed by atoms with van der Waals surface area (Å²) in [7, 11) is 0. The predicted octanol–water partition coefficient (Wildman–Crippen LogP) is 2.85. The van der Waals surface area contributed by atoms with Crippen molar-refractivity contribution in [1.29, 1.82) is 0 Å². The van der Waals surface area contributed by atoms with E-state index in [1.54, 1.807) is 28.4 Å². The number of carbonyl (C=O) groups is 1. The van der Waals surface area contributed by atoms with Gasteiger partial charge in [-0.05, 0) is 37.4 Å². The zero-order valence-corrected chi connectivity index (χ0v) is 11.9. The predicted molar refractivity (Wildman–Crippen MR) is 75.9 cm³/mol. The average Bonchev–Trinajstić information content (AvgIpc) is 3.05. The molecule has 0 aliphatic rings. The zero-order valence-electron chi connectivity index (χ0n) is 11.1. The molecule has 0 aliphatic heterocycles. The molecular formula is C14H18N2O2S. The Balaban J connectivity index is 2.16. The van der Waals surface area contributed by atoms with Gasteiger partial charge in [0, 0.05) is 10.9 Å². The number of thiophene rings is 1. The van der Waals surface area contributed by atoms with Crippen molar-refractivity contribution in [2.45, 2.75) is 33.0 Å². The van der Waals surface area contributed by atoms with Gasteiger partial charge in [0.2, 0.25) is 0 Å². The van der Waals surface area contributed by atoms with E-state index in [0.717, 1.165) is 4.88 Å². The molecule has 0 radical (unpaired) electrons. The van der Waals surface area contributed by atoms with Crippen molar-refractivity contribution >= 4 is 17.2 Å². The first-order valence-electron chi connectivity index (χ1n) is 6.24. The van der Waals surface area contributed by atoms with Gasteiger partial charge in [0.15, 0.2) is 5.76 Å². The van der Waals surface area contributed by atoms with E-state index >= 15 is 0 Å². The summed E-state index contributed by atoms with van der Waals surface area (Å²) in [5, 5.41) is 2.01. The Morgan fingerprint density at radius 1 is 1.42 bits per heavy atom. The van der Waals surface area contributed by atoms with Gasteiger partial charge in [0.1, 0.15) is 5.76 Å². The second kappa shape index (κ2) is 6.04. The molecule has 0 spiro atoms. The van der Waals surface area contributed by atoms with E-state index in [1.807, 2.05) is 31.4 Å². The Bertz CT molecular complexity index is 531. The largest absolute Gasteiger partial charge is 0.455 e. The van der Waals surface area contributed by atoms with Gasteiger partial charge >= 0.3 is 0 Å². The van der Waals surface area contributed by atoms with Crippen molar-refractivity contribution in [3.05, 3.63) is 46.0 Å². The topological polar surface area (TPSA) is 59.5 Å². The monoisotopic (exact) mass is 278 g/mol. The van der Waals surface area contributed by atoms with Crippen LogP contribution in [0.2, 0.25) is 0 Å². The van der Waals surface area contributed by atoms with Crippen LogP contribution < -0.4 is 5.73 Å². The Labute approximate surface area is 116 Å². The molecule has 1 amide bonds. The molecule has 0 fully saturated rings. The fourth-order valence-electron chi connectivity index (χ4n) is 1.80. The minimum atomic E-state index is -0.0944. The molecule has 0 aliphatic carbocycles. The van der Waals surface area contributed by atoms with Crippen LogP contribution in [0.1, 0.15) is 35.0 Å². The minimum absolute atomic E-state index is 0.0944. The molecule has 0 saturated heterocycles. The van der Waals surface area contributed by atoms with Gasteiger partial charge in [-0.15, -0.1) is 11.3 Å². The Hall–Kier alpha value is -1.59. The molecule has 102 valence electrons. The Kier molecular flexibility index (Phi) is 4.39. The molecule has 2 heterocycles. The van der Waals surface area contributed by atoms with Gasteiger partial charge in [0.25, 0.3) is 5.91 Å². The van der Waals surface area contributed by atoms with E-state index in [0.29, 0.717) is 24.6 Å². The van der Waals surface area contributed by atoms with Crippen LogP contribution in [-0.4, -0.2) is 16.8 Å². The van der Waals surface area contributed by atoms with Crippen LogP contribution in [0, 0.1) is 0 Å². The number of furan rings is 1. The van der Waals surface area contributed by atoms with E-state index in [9.17, 15) is 4.79 Å². The maximum Gasteiger partial charge on any atom is 0.290 e. The zero-order chi connectivity index (χ0) is 13.8. The maximum absolute atomic E-state index is 12.4. The molecule has 0 unspecified atom stereocenters. The van der Waals surface area contributed by atoms with Crippen LogP contribution in [0.3, 0.4) is 0 Å². The lowest BCUT2D eigenvalue weighted by Gasteiger charge is -2.25. The lowest BCUT2D eigenvalue weighted by molar-refractivity contribution is 0.0657. The van der Waals surface area contributed by atoms with Gasteiger partial charge in [-0.2, -0.15) is 0 Å². The van der Waals surface area contributed by atoms with Crippen LogP contribution in [0.5, 0.6) is 0 Å². The highest BCUT2D eigenvalue weighted by Crippen LogP contribution is 2.18. The SMILES string of the molecule is CC(C)N(Cc1cccs1)C(=O)c1ccc(CN)o1. The molecule has 4 nitrogen and oxygen atoms in total. The summed E-state index contributed by atoms with van der Waals surface area (Å²) >= 11 is 1.65. The second-order valence-electron chi connectivity index (χ2n) is 4.58. The summed E-state index contributed by atoms with van der Waals surface area (Å²) in [5.41, 5.74) is 5.49. The van der Waals surface area contributed by atoms with E-state index in [-0.39, 0.29) is 11.9 Å². The van der Waals surface area contributed by atoms with Crippen LogP contribution in [0.4, 0.5) is 0 Å². The average molecular weight is 278 g/mol. The molecule has 2 aromatic heterocycles. The van der Waals surface area contributed by atoms with Crippen LogP contribution >= 0.6 is 11.3 Å². The van der Waals surface area contributed by atoms with Gasteiger partial charge in [0.05, 0.1) is 13.1 Å². The molecule has 0 bridgehead atoms. The summed E-state index contributed by atoms with van der Waals surface area (Å²) in [6.45, 7) is 4.91. The third-order valence-electron chi connectivity index (χ3n) is 2.86. The minimum Gasteiger partial charge on any atom is -0.455 e. The van der Waals surface area contributed by atoms with Crippen molar-refractivity contribution in [3.63, 3.8) is 0 Å². The number of amides is 1. The highest BCUT2D eigenvalue weighted by Gasteiger charge is 2.22. The standard InChI is InChI=1S/C14H18N2O2S/c1-10(2)16(9-12-4-3-7-19-12)14(17)13-6-5-11(8-15)18-13/h3-7,10H,8-9,15H2,1-2H3. The summed E-state index contributed by atoms with van der Waals surface area (Å²) in [6, 6.07) is 7.56. The molecule has 2 rings (SSSR count). The summed E-state index contributed by atoms with van der Waals surface area (Å²) in [5.74, 6) is 0.886. The fraction of sp³-hybridized carbons (Fsp3) is 0.357. The van der Waals surface area contributed by atoms with Gasteiger partial charge in [-0.3, -0.25) is 4.79 Å². The van der Waals surface area contributed by atoms with Gasteiger partial charge in [-0.25, -0.2) is 0 Å². The molecular weight excluding hydrogens is 260 g/mol. The highest BCUT2D eigenvalue weighted by molar-refractivity contribution is 7.09. The van der Waals surface area contributed by atoms with E-state index < -0.39 is 0 Å². The molecule has 0 atom stereocenters. The molecule has 2 N–H and O–H groups in total. The molecule has 19 heavy (non-hydrogen) atoms. The van der Waals surface area contributed by atoms with Crippen molar-refractivity contribution in [1.82, 2.24) is 4.90 Å². The van der Waals surface area contributed by atoms with Crippen LogP contribution in [0.25, 0.3) is 0 Å². The lowest BCUT2D eigenvalue weighted by Crippen LogP contribution is -2.35. The molecule has 0 saturated carbocycles. The second-order valence-corrected chi connectivity index (χ2v) is 5.61. The van der Waals surface area contributed by atoms with Crippen molar-refractivity contribution < 1.29 is 9.21 Å². The highest BCUT2D eigenvalue weighted by atomic mass is 32.1. The van der Waals surface area contributed by atoms with Crippen molar-refractivity contribution in [2.75, 3.05) is 0 Å². The Morgan fingerprint density at radius 3 is 2.74 bits per heavy atom. The number of rotatable bonds is 5. The van der Waals surface area contributed by atoms with Crippen LogP contribution in [0.15, 0.2) is 34.1 Å². The molecule has 5 heteroatoms.